The minimum atomic E-state index is -0.808. The molecule has 1 fully saturated rings. The SMILES string of the molecule is O=C(O)[C@@H](c1c[nH]c2ccc(Cl)cc12)N1CCSCC1. The Morgan fingerprint density at radius 1 is 1.40 bits per heavy atom. The Balaban J connectivity index is 2.04. The number of benzene rings is 1. The highest BCUT2D eigenvalue weighted by Gasteiger charge is 2.30. The van der Waals surface area contributed by atoms with Crippen molar-refractivity contribution in [2.45, 2.75) is 6.04 Å². The van der Waals surface area contributed by atoms with Gasteiger partial charge in [0.1, 0.15) is 6.04 Å². The molecule has 0 amide bonds. The number of aliphatic carboxylic acids is 1. The Kier molecular flexibility index (Phi) is 3.92. The van der Waals surface area contributed by atoms with Crippen molar-refractivity contribution < 1.29 is 9.90 Å². The van der Waals surface area contributed by atoms with Crippen molar-refractivity contribution in [2.24, 2.45) is 0 Å². The maximum Gasteiger partial charge on any atom is 0.325 e. The first-order valence-corrected chi connectivity index (χ1v) is 8.01. The molecule has 1 saturated heterocycles. The van der Waals surface area contributed by atoms with Gasteiger partial charge in [-0.2, -0.15) is 11.8 Å². The lowest BCUT2D eigenvalue weighted by atomic mass is 10.0. The molecule has 0 unspecified atom stereocenters. The first-order chi connectivity index (χ1) is 9.66. The first kappa shape index (κ1) is 13.8. The van der Waals surface area contributed by atoms with Crippen molar-refractivity contribution in [3.63, 3.8) is 0 Å². The molecule has 1 aliphatic rings. The molecule has 1 aliphatic heterocycles. The molecule has 2 heterocycles. The zero-order valence-electron chi connectivity index (χ0n) is 10.8. The second-order valence-electron chi connectivity index (χ2n) is 4.82. The van der Waals surface area contributed by atoms with Crippen LogP contribution in [0.5, 0.6) is 0 Å². The third kappa shape index (κ3) is 2.53. The molecule has 2 aromatic rings. The van der Waals surface area contributed by atoms with Gasteiger partial charge < -0.3 is 10.1 Å². The van der Waals surface area contributed by atoms with Crippen molar-refractivity contribution >= 4 is 40.2 Å². The van der Waals surface area contributed by atoms with Gasteiger partial charge in [0, 0.05) is 52.3 Å². The van der Waals surface area contributed by atoms with E-state index in [1.54, 1.807) is 12.3 Å². The Bertz CT molecular complexity index is 637. The highest BCUT2D eigenvalue weighted by molar-refractivity contribution is 7.99. The average Bonchev–Trinajstić information content (AvgIpc) is 2.83. The fourth-order valence-corrected chi connectivity index (χ4v) is 3.77. The smallest absolute Gasteiger partial charge is 0.325 e. The van der Waals surface area contributed by atoms with Crippen molar-refractivity contribution in [1.29, 1.82) is 0 Å². The fourth-order valence-electron chi connectivity index (χ4n) is 2.66. The summed E-state index contributed by atoms with van der Waals surface area (Å²) in [6.45, 7) is 1.60. The van der Waals surface area contributed by atoms with Crippen LogP contribution in [-0.4, -0.2) is 45.6 Å². The molecule has 106 valence electrons. The number of carboxylic acid groups (broad SMARTS) is 1. The highest BCUT2D eigenvalue weighted by Crippen LogP contribution is 2.31. The molecule has 4 nitrogen and oxygen atoms in total. The van der Waals surface area contributed by atoms with Crippen LogP contribution in [0.1, 0.15) is 11.6 Å². The molecule has 0 radical (unpaired) electrons. The van der Waals surface area contributed by atoms with Crippen molar-refractivity contribution in [1.82, 2.24) is 9.88 Å². The predicted octanol–water partition coefficient (Wildman–Crippen LogP) is 3.00. The van der Waals surface area contributed by atoms with E-state index in [0.717, 1.165) is 41.1 Å². The number of aromatic nitrogens is 1. The van der Waals surface area contributed by atoms with Gasteiger partial charge in [-0.15, -0.1) is 0 Å². The summed E-state index contributed by atoms with van der Waals surface area (Å²) in [5.74, 6) is 1.15. The van der Waals surface area contributed by atoms with Crippen molar-refractivity contribution in [3.05, 3.63) is 35.0 Å². The van der Waals surface area contributed by atoms with Crippen LogP contribution in [-0.2, 0) is 4.79 Å². The van der Waals surface area contributed by atoms with Crippen LogP contribution in [0.4, 0.5) is 0 Å². The van der Waals surface area contributed by atoms with Crippen LogP contribution in [0, 0.1) is 0 Å². The van der Waals surface area contributed by atoms with E-state index in [4.69, 9.17) is 11.6 Å². The average molecular weight is 311 g/mol. The number of nitrogens with zero attached hydrogens (tertiary/aromatic N) is 1. The predicted molar refractivity (Wildman–Crippen MR) is 82.6 cm³/mol. The summed E-state index contributed by atoms with van der Waals surface area (Å²) in [7, 11) is 0. The number of nitrogens with one attached hydrogen (secondary N) is 1. The summed E-state index contributed by atoms with van der Waals surface area (Å²) >= 11 is 7.91. The third-order valence-electron chi connectivity index (χ3n) is 3.62. The quantitative estimate of drug-likeness (QED) is 0.915. The van der Waals surface area contributed by atoms with E-state index in [9.17, 15) is 9.90 Å². The highest BCUT2D eigenvalue weighted by atomic mass is 35.5. The number of carbonyl (C=O) groups is 1. The van der Waals surface area contributed by atoms with Gasteiger partial charge in [-0.05, 0) is 18.2 Å². The standard InChI is InChI=1S/C14H15ClN2O2S/c15-9-1-2-12-10(7-9)11(8-16-12)13(14(18)19)17-3-5-20-6-4-17/h1-2,7-8,13,16H,3-6H2,(H,18,19)/t13-/m1/s1. The second-order valence-corrected chi connectivity index (χ2v) is 6.48. The Morgan fingerprint density at radius 3 is 2.85 bits per heavy atom. The van der Waals surface area contributed by atoms with E-state index in [0.29, 0.717) is 5.02 Å². The number of carboxylic acids is 1. The summed E-state index contributed by atoms with van der Waals surface area (Å²) in [4.78, 5) is 16.9. The molecule has 6 heteroatoms. The number of rotatable bonds is 3. The van der Waals surface area contributed by atoms with E-state index in [-0.39, 0.29) is 0 Å². The van der Waals surface area contributed by atoms with E-state index >= 15 is 0 Å². The van der Waals surface area contributed by atoms with Crippen molar-refractivity contribution in [3.8, 4) is 0 Å². The normalized spacial score (nSPS) is 18.2. The summed E-state index contributed by atoms with van der Waals surface area (Å²) in [5, 5.41) is 11.1. The van der Waals surface area contributed by atoms with E-state index in [2.05, 4.69) is 4.98 Å². The Hall–Kier alpha value is -1.17. The van der Waals surface area contributed by atoms with Gasteiger partial charge >= 0.3 is 5.97 Å². The number of fused-ring (bicyclic) bond motifs is 1. The number of H-pyrrole nitrogens is 1. The maximum atomic E-state index is 11.7. The lowest BCUT2D eigenvalue weighted by Crippen LogP contribution is -2.39. The number of aromatic amines is 1. The molecule has 3 rings (SSSR count). The van der Waals surface area contributed by atoms with Crippen molar-refractivity contribution in [2.75, 3.05) is 24.6 Å². The molecular weight excluding hydrogens is 296 g/mol. The van der Waals surface area contributed by atoms with Gasteiger partial charge in [0.05, 0.1) is 0 Å². The lowest BCUT2D eigenvalue weighted by Gasteiger charge is -2.31. The van der Waals surface area contributed by atoms with Crippen LogP contribution in [0.2, 0.25) is 5.02 Å². The molecule has 0 spiro atoms. The van der Waals surface area contributed by atoms with Gasteiger partial charge in [0.15, 0.2) is 0 Å². The monoisotopic (exact) mass is 310 g/mol. The second kappa shape index (κ2) is 5.68. The topological polar surface area (TPSA) is 56.3 Å². The van der Waals surface area contributed by atoms with Gasteiger partial charge in [0.2, 0.25) is 0 Å². The van der Waals surface area contributed by atoms with E-state index in [1.165, 1.54) is 0 Å². The minimum absolute atomic E-state index is 0.608. The molecule has 2 N–H and O–H groups in total. The Morgan fingerprint density at radius 2 is 2.15 bits per heavy atom. The number of hydrogen-bond donors (Lipinski definition) is 2. The van der Waals surface area contributed by atoms with Crippen LogP contribution < -0.4 is 0 Å². The van der Waals surface area contributed by atoms with E-state index in [1.807, 2.05) is 28.8 Å². The molecule has 0 aliphatic carbocycles. The molecule has 20 heavy (non-hydrogen) atoms. The lowest BCUT2D eigenvalue weighted by molar-refractivity contribution is -0.143. The summed E-state index contributed by atoms with van der Waals surface area (Å²) < 4.78 is 0. The summed E-state index contributed by atoms with van der Waals surface area (Å²) in [6.07, 6.45) is 1.79. The first-order valence-electron chi connectivity index (χ1n) is 6.48. The van der Waals surface area contributed by atoms with E-state index < -0.39 is 12.0 Å². The molecular formula is C14H15ClN2O2S. The molecule has 1 atom stereocenters. The fraction of sp³-hybridized carbons (Fsp3) is 0.357. The van der Waals surface area contributed by atoms with Crippen LogP contribution in [0.25, 0.3) is 10.9 Å². The largest absolute Gasteiger partial charge is 0.480 e. The van der Waals surface area contributed by atoms with Gasteiger partial charge in [0.25, 0.3) is 0 Å². The molecule has 0 bridgehead atoms. The third-order valence-corrected chi connectivity index (χ3v) is 4.79. The van der Waals surface area contributed by atoms with Crippen LogP contribution in [0.3, 0.4) is 0 Å². The molecule has 0 saturated carbocycles. The number of thioether (sulfide) groups is 1. The number of halogens is 1. The zero-order valence-corrected chi connectivity index (χ0v) is 12.4. The molecule has 1 aromatic heterocycles. The minimum Gasteiger partial charge on any atom is -0.480 e. The zero-order chi connectivity index (χ0) is 14.1. The maximum absolute atomic E-state index is 11.7. The number of hydrogen-bond acceptors (Lipinski definition) is 3. The summed E-state index contributed by atoms with van der Waals surface area (Å²) in [6, 6.07) is 4.91. The van der Waals surface area contributed by atoms with Gasteiger partial charge in [-0.3, -0.25) is 9.69 Å². The summed E-state index contributed by atoms with van der Waals surface area (Å²) in [5.41, 5.74) is 1.71. The van der Waals surface area contributed by atoms with Crippen LogP contribution >= 0.6 is 23.4 Å². The van der Waals surface area contributed by atoms with Gasteiger partial charge in [-0.25, -0.2) is 0 Å². The van der Waals surface area contributed by atoms with Crippen LogP contribution in [0.15, 0.2) is 24.4 Å². The molecule has 1 aromatic carbocycles. The van der Waals surface area contributed by atoms with Gasteiger partial charge in [-0.1, -0.05) is 11.6 Å². The Labute approximate surface area is 126 Å².